The van der Waals surface area contributed by atoms with Crippen LogP contribution in [-0.4, -0.2) is 177 Å². The van der Waals surface area contributed by atoms with Gasteiger partial charge >= 0.3 is 65.9 Å². The van der Waals surface area contributed by atoms with Crippen LogP contribution in [0.1, 0.15) is 117 Å². The van der Waals surface area contributed by atoms with Gasteiger partial charge in [0.2, 0.25) is 11.5 Å². The number of carboxylic acid groups (broad SMARTS) is 1. The van der Waals surface area contributed by atoms with Crippen LogP contribution in [0.2, 0.25) is 0 Å². The maximum Gasteiger partial charge on any atom is 0.413 e. The molecular weight excluding hydrogens is 1210 g/mol. The Morgan fingerprint density at radius 2 is 0.902 bits per heavy atom. The highest BCUT2D eigenvalue weighted by atomic mass is 16.6. The average Bonchev–Trinajstić information content (AvgIpc) is 1.56. The van der Waals surface area contributed by atoms with E-state index in [9.17, 15) is 62.6 Å². The number of carbonyl (C=O) groups excluding carboxylic acids is 11. The van der Waals surface area contributed by atoms with Crippen molar-refractivity contribution in [1.29, 1.82) is 0 Å². The van der Waals surface area contributed by atoms with E-state index in [1.807, 2.05) is 0 Å². The lowest BCUT2D eigenvalue weighted by atomic mass is 9.87. The number of alkyl carbamates (subject to hydrolysis) is 1. The van der Waals surface area contributed by atoms with E-state index < -0.39 is 88.6 Å². The molecule has 1 aliphatic rings. The molecule has 2 aromatic rings. The summed E-state index contributed by atoms with van der Waals surface area (Å²) >= 11 is 0. The molecule has 28 nitrogen and oxygen atoms in total. The van der Waals surface area contributed by atoms with Gasteiger partial charge in [-0.2, -0.15) is 0 Å². The number of aliphatic hydroxyl groups is 1. The molecule has 0 aromatic heterocycles. The lowest BCUT2D eigenvalue weighted by molar-refractivity contribution is -0.156. The van der Waals surface area contributed by atoms with E-state index in [1.165, 1.54) is 41.5 Å². The number of benzene rings is 2. The third-order valence-electron chi connectivity index (χ3n) is 11.8. The molecule has 0 bridgehead atoms. The summed E-state index contributed by atoms with van der Waals surface area (Å²) < 4.78 is 60.9. The summed E-state index contributed by atoms with van der Waals surface area (Å²) in [7, 11) is 0. The minimum absolute atomic E-state index is 0.0134. The molecule has 1 heterocycles. The summed E-state index contributed by atoms with van der Waals surface area (Å²) in [4.78, 5) is 139. The summed E-state index contributed by atoms with van der Waals surface area (Å²) in [6.07, 6.45) is -1.23. The molecule has 2 amide bonds. The molecule has 92 heavy (non-hydrogen) atoms. The first-order valence-electron chi connectivity index (χ1n) is 28.6. The Kier molecular flexibility index (Phi) is 35.5. The van der Waals surface area contributed by atoms with Crippen LogP contribution in [0, 0.1) is 0 Å². The van der Waals surface area contributed by atoms with E-state index in [0.717, 1.165) is 4.90 Å². The fourth-order valence-electron chi connectivity index (χ4n) is 6.98. The number of ether oxygens (including phenoxy) is 12. The first kappa shape index (κ1) is 80.2. The van der Waals surface area contributed by atoms with Crippen molar-refractivity contribution in [3.05, 3.63) is 120 Å². The van der Waals surface area contributed by atoms with Crippen molar-refractivity contribution in [2.45, 2.75) is 118 Å². The molecule has 0 aliphatic carbocycles. The first-order chi connectivity index (χ1) is 43.0. The van der Waals surface area contributed by atoms with E-state index in [2.05, 4.69) is 47.7 Å². The van der Waals surface area contributed by atoms with Crippen molar-refractivity contribution in [2.24, 2.45) is 0 Å². The maximum absolute atomic E-state index is 12.8. The van der Waals surface area contributed by atoms with Gasteiger partial charge in [0.15, 0.2) is 11.2 Å². The number of nitrogens with zero attached hydrogens (tertiary/aromatic N) is 1. The number of ketones is 1. The standard InChI is InChI=1S/C28H36O10.C26H34N2O10.C10H14O6/c1-19(2)26(32)36-15-7-9-23(29)35-18-17-34-22-13-11-21(12-14-22)25(31)28(5,6)38-24(30)10-8-16-37-27(33)20(3)4;1-17(2)21(29)35-13-11-27-23(31)37-16-15-34-20-9-7-19(8-10-20)26(33)25(5,6)38-24(32)28(26)12-14-36-22(30)18(3)4;1-7(2)10(14)16-6-5-15-9(13)4-3-8(11)12/h11-14H,1,3,7-10,15-18H2,2,4-6H3;7-10,33H,1,3,11-16H2,2,4-6H3,(H,27,31);1,3-6H2,2H3,(H,11,12). The number of rotatable bonds is 37. The van der Waals surface area contributed by atoms with Crippen molar-refractivity contribution in [3.8, 4) is 11.5 Å². The Balaban J connectivity index is 0.000000747. The van der Waals surface area contributed by atoms with Gasteiger partial charge in [-0.15, -0.1) is 0 Å². The second kappa shape index (κ2) is 40.7. The zero-order valence-corrected chi connectivity index (χ0v) is 53.5. The monoisotopic (exact) mass is 1300 g/mol. The van der Waals surface area contributed by atoms with E-state index in [1.54, 1.807) is 69.3 Å². The molecule has 3 N–H and O–H groups in total. The van der Waals surface area contributed by atoms with E-state index in [4.69, 9.17) is 52.5 Å². The Bertz CT molecular complexity index is 2960. The summed E-state index contributed by atoms with van der Waals surface area (Å²) in [5, 5.41) is 22.3. The number of amides is 2. The first-order valence-corrected chi connectivity index (χ1v) is 28.6. The topological polar surface area (TPSA) is 371 Å². The van der Waals surface area contributed by atoms with Gasteiger partial charge in [0.1, 0.15) is 64.4 Å². The molecule has 2 aromatic carbocycles. The molecule has 0 radical (unpaired) electrons. The number of aliphatic carboxylic acids is 1. The summed E-state index contributed by atoms with van der Waals surface area (Å²) in [5.74, 6) is -4.96. The van der Waals surface area contributed by atoms with Crippen LogP contribution < -0.4 is 14.8 Å². The normalized spacial score (nSPS) is 13.3. The number of Topliss-reactive ketones (excluding diaryl/α,β-unsaturated/α-hetero) is 1. The molecule has 0 saturated carbocycles. The van der Waals surface area contributed by atoms with Crippen molar-refractivity contribution in [1.82, 2.24) is 10.2 Å². The van der Waals surface area contributed by atoms with Crippen LogP contribution in [0.15, 0.2) is 109 Å². The Hall–Kier alpha value is -9.86. The van der Waals surface area contributed by atoms with E-state index in [0.29, 0.717) is 34.6 Å². The quantitative estimate of drug-likeness (QED) is 0.0205. The molecule has 3 rings (SSSR count). The second-order valence-corrected chi connectivity index (χ2v) is 20.9. The smallest absolute Gasteiger partial charge is 0.413 e. The molecule has 1 aliphatic heterocycles. The fraction of sp³-hybridized carbons (Fsp3) is 0.469. The number of hydrogen-bond acceptors (Lipinski definition) is 25. The van der Waals surface area contributed by atoms with Gasteiger partial charge in [-0.3, -0.25) is 28.9 Å². The van der Waals surface area contributed by atoms with Gasteiger partial charge in [-0.25, -0.2) is 33.6 Å². The summed E-state index contributed by atoms with van der Waals surface area (Å²) in [6.45, 7) is 30.9. The molecule has 28 heteroatoms. The Labute approximate surface area is 533 Å². The molecule has 1 atom stereocenters. The van der Waals surface area contributed by atoms with E-state index in [-0.39, 0.29) is 134 Å². The van der Waals surface area contributed by atoms with Gasteiger partial charge in [0, 0.05) is 51.8 Å². The Morgan fingerprint density at radius 1 is 0.511 bits per heavy atom. The number of carbonyl (C=O) groups is 12. The van der Waals surface area contributed by atoms with Gasteiger partial charge in [-0.05, 0) is 112 Å². The predicted octanol–water partition coefficient (Wildman–Crippen LogP) is 6.83. The number of cyclic esters (lactones) is 1. The average molecular weight is 1300 g/mol. The largest absolute Gasteiger partial charge is 0.490 e. The molecule has 1 fully saturated rings. The zero-order valence-electron chi connectivity index (χ0n) is 53.5. The number of esters is 8. The van der Waals surface area contributed by atoms with Gasteiger partial charge in [0.05, 0.1) is 39.1 Å². The maximum atomic E-state index is 12.8. The zero-order chi connectivity index (χ0) is 69.8. The highest BCUT2D eigenvalue weighted by Gasteiger charge is 2.60. The van der Waals surface area contributed by atoms with Crippen LogP contribution in [0.25, 0.3) is 0 Å². The van der Waals surface area contributed by atoms with Crippen LogP contribution in [-0.2, 0) is 96.2 Å². The molecule has 0 spiro atoms. The lowest BCUT2D eigenvalue weighted by Gasteiger charge is -2.38. The van der Waals surface area contributed by atoms with Crippen LogP contribution in [0.3, 0.4) is 0 Å². The second-order valence-electron chi connectivity index (χ2n) is 20.9. The minimum Gasteiger partial charge on any atom is -0.490 e. The molecular formula is C64H84N2O26. The third-order valence-corrected chi connectivity index (χ3v) is 11.8. The predicted molar refractivity (Wildman–Crippen MR) is 325 cm³/mol. The molecule has 1 unspecified atom stereocenters. The van der Waals surface area contributed by atoms with Gasteiger partial charge in [-0.1, -0.05) is 45.0 Å². The van der Waals surface area contributed by atoms with Gasteiger partial charge in [0.25, 0.3) is 0 Å². The number of hydrogen-bond donors (Lipinski definition) is 3. The van der Waals surface area contributed by atoms with Crippen molar-refractivity contribution in [2.75, 3.05) is 79.2 Å². The van der Waals surface area contributed by atoms with Crippen molar-refractivity contribution < 1.29 is 125 Å². The highest BCUT2D eigenvalue weighted by molar-refractivity contribution is 6.03. The fourth-order valence-corrected chi connectivity index (χ4v) is 6.98. The van der Waals surface area contributed by atoms with Crippen LogP contribution >= 0.6 is 0 Å². The van der Waals surface area contributed by atoms with Gasteiger partial charge < -0.3 is 72.4 Å². The summed E-state index contributed by atoms with van der Waals surface area (Å²) in [5.41, 5.74) is -2.57. The van der Waals surface area contributed by atoms with Crippen LogP contribution in [0.5, 0.6) is 11.5 Å². The highest BCUT2D eigenvalue weighted by Crippen LogP contribution is 2.45. The Morgan fingerprint density at radius 3 is 1.37 bits per heavy atom. The van der Waals surface area contributed by atoms with Crippen molar-refractivity contribution >= 4 is 71.7 Å². The van der Waals surface area contributed by atoms with E-state index >= 15 is 0 Å². The van der Waals surface area contributed by atoms with Crippen molar-refractivity contribution in [3.63, 3.8) is 0 Å². The number of carboxylic acids is 1. The number of nitrogens with one attached hydrogen (secondary N) is 1. The SMILES string of the molecule is C=C(C)C(=O)OCCCC(=O)OCCOc1ccc(C(=O)C(C)(C)OC(=O)CCCOC(=O)C(=C)C)cc1.C=C(C)C(=O)OCCNC(=O)OCCOc1ccc(C2(O)N(CCOC(=O)C(=C)C)C(=O)OC2(C)C)cc1.C=C(C)C(=O)OCCOC(=O)CCC(=O)O. The lowest BCUT2D eigenvalue weighted by Crippen LogP contribution is -2.54. The van der Waals surface area contributed by atoms with Crippen LogP contribution in [0.4, 0.5) is 9.59 Å². The minimum atomic E-state index is -1.85. The third kappa shape index (κ3) is 30.6. The summed E-state index contributed by atoms with van der Waals surface area (Å²) in [6, 6.07) is 12.6. The molecule has 1 saturated heterocycles. The molecule has 506 valence electrons.